The number of aromatic nitrogens is 1. The van der Waals surface area contributed by atoms with Crippen LogP contribution >= 0.6 is 22.9 Å². The van der Waals surface area contributed by atoms with E-state index in [2.05, 4.69) is 11.9 Å². The third kappa shape index (κ3) is 2.76. The van der Waals surface area contributed by atoms with E-state index >= 15 is 0 Å². The van der Waals surface area contributed by atoms with Crippen LogP contribution in [0.25, 0.3) is 0 Å². The molecule has 0 unspecified atom stereocenters. The van der Waals surface area contributed by atoms with Crippen LogP contribution in [0.15, 0.2) is 18.2 Å². The second-order valence-electron chi connectivity index (χ2n) is 3.92. The van der Waals surface area contributed by atoms with Gasteiger partial charge in [-0.2, -0.15) is 0 Å². The van der Waals surface area contributed by atoms with E-state index in [-0.39, 0.29) is 0 Å². The fourth-order valence-corrected chi connectivity index (χ4v) is 3.06. The van der Waals surface area contributed by atoms with Crippen LogP contribution in [0.4, 0.5) is 5.13 Å². The number of rotatable bonds is 4. The maximum Gasteiger partial charge on any atom is 0.180 e. The van der Waals surface area contributed by atoms with Gasteiger partial charge in [0.05, 0.1) is 17.8 Å². The summed E-state index contributed by atoms with van der Waals surface area (Å²) >= 11 is 7.65. The van der Waals surface area contributed by atoms with Crippen molar-refractivity contribution in [1.82, 2.24) is 4.98 Å². The van der Waals surface area contributed by atoms with Crippen molar-refractivity contribution in [3.63, 3.8) is 0 Å². The maximum absolute atomic E-state index is 6.11. The number of nitrogen functional groups attached to an aromatic ring is 1. The Balaban J connectivity index is 2.25. The van der Waals surface area contributed by atoms with E-state index < -0.39 is 0 Å². The number of anilines is 1. The summed E-state index contributed by atoms with van der Waals surface area (Å²) < 4.78 is 5.14. The summed E-state index contributed by atoms with van der Waals surface area (Å²) in [5.74, 6) is 0.694. The molecule has 0 atom stereocenters. The first-order valence-corrected chi connectivity index (χ1v) is 6.90. The SMILES string of the molecule is CCc1nc(N)sc1Cc1ccc(OC)c(Cl)c1. The molecule has 3 nitrogen and oxygen atoms in total. The van der Waals surface area contributed by atoms with Gasteiger partial charge in [0, 0.05) is 11.3 Å². The van der Waals surface area contributed by atoms with E-state index in [1.54, 1.807) is 18.4 Å². The van der Waals surface area contributed by atoms with Crippen molar-refractivity contribution < 1.29 is 4.74 Å². The fourth-order valence-electron chi connectivity index (χ4n) is 1.82. The topological polar surface area (TPSA) is 48.1 Å². The Morgan fingerprint density at radius 3 is 2.83 bits per heavy atom. The number of benzene rings is 1. The molecule has 0 amide bonds. The normalized spacial score (nSPS) is 10.6. The number of nitrogens with zero attached hydrogens (tertiary/aromatic N) is 1. The van der Waals surface area contributed by atoms with Crippen molar-refractivity contribution in [3.05, 3.63) is 39.4 Å². The number of thiazole rings is 1. The number of methoxy groups -OCH3 is 1. The molecule has 0 radical (unpaired) electrons. The molecule has 2 aromatic rings. The molecule has 2 rings (SSSR count). The van der Waals surface area contributed by atoms with Gasteiger partial charge in [0.2, 0.25) is 0 Å². The van der Waals surface area contributed by atoms with Gasteiger partial charge in [-0.15, -0.1) is 11.3 Å². The van der Waals surface area contributed by atoms with E-state index in [1.807, 2.05) is 18.2 Å². The van der Waals surface area contributed by atoms with Crippen LogP contribution in [0, 0.1) is 0 Å². The Labute approximate surface area is 116 Å². The second-order valence-corrected chi connectivity index (χ2v) is 5.44. The first-order valence-electron chi connectivity index (χ1n) is 5.70. The van der Waals surface area contributed by atoms with Crippen LogP contribution in [0.3, 0.4) is 0 Å². The quantitative estimate of drug-likeness (QED) is 0.933. The van der Waals surface area contributed by atoms with Crippen molar-refractivity contribution in [2.24, 2.45) is 0 Å². The molecule has 0 aliphatic rings. The molecule has 1 heterocycles. The highest BCUT2D eigenvalue weighted by atomic mass is 35.5. The lowest BCUT2D eigenvalue weighted by molar-refractivity contribution is 0.415. The number of halogens is 1. The van der Waals surface area contributed by atoms with Gasteiger partial charge in [-0.05, 0) is 24.1 Å². The number of nitrogens with two attached hydrogens (primary N) is 1. The lowest BCUT2D eigenvalue weighted by Crippen LogP contribution is -1.92. The Kier molecular flexibility index (Phi) is 4.09. The zero-order valence-electron chi connectivity index (χ0n) is 10.4. The van der Waals surface area contributed by atoms with Crippen LogP contribution in [0.1, 0.15) is 23.1 Å². The standard InChI is InChI=1S/C13H15ClN2OS/c1-3-10-12(18-13(15)16-10)7-8-4-5-11(17-2)9(14)6-8/h4-6H,3,7H2,1-2H3,(H2,15,16). The fraction of sp³-hybridized carbons (Fsp3) is 0.308. The van der Waals surface area contributed by atoms with E-state index in [0.29, 0.717) is 15.9 Å². The summed E-state index contributed by atoms with van der Waals surface area (Å²) in [6.45, 7) is 2.08. The predicted octanol–water partition coefficient (Wildman–Crippen LogP) is 3.54. The third-order valence-corrected chi connectivity index (χ3v) is 3.93. The predicted molar refractivity (Wildman–Crippen MR) is 76.7 cm³/mol. The highest BCUT2D eigenvalue weighted by molar-refractivity contribution is 7.15. The monoisotopic (exact) mass is 282 g/mol. The molecule has 0 fully saturated rings. The van der Waals surface area contributed by atoms with Crippen LogP contribution in [0.5, 0.6) is 5.75 Å². The lowest BCUT2D eigenvalue weighted by Gasteiger charge is -2.05. The Hall–Kier alpha value is -1.26. The molecule has 0 aliphatic carbocycles. The molecule has 96 valence electrons. The Morgan fingerprint density at radius 1 is 1.44 bits per heavy atom. The van der Waals surface area contributed by atoms with Gasteiger partial charge in [0.1, 0.15) is 5.75 Å². The molecule has 1 aromatic heterocycles. The van der Waals surface area contributed by atoms with E-state index in [9.17, 15) is 0 Å². The minimum atomic E-state index is 0.626. The van der Waals surface area contributed by atoms with Crippen LogP contribution in [0.2, 0.25) is 5.02 Å². The summed E-state index contributed by atoms with van der Waals surface area (Å²) in [6, 6.07) is 5.82. The average Bonchev–Trinajstić information content (AvgIpc) is 2.70. The van der Waals surface area contributed by atoms with Crippen LogP contribution in [-0.4, -0.2) is 12.1 Å². The number of hydrogen-bond donors (Lipinski definition) is 1. The Bertz CT molecular complexity index is 554. The molecule has 18 heavy (non-hydrogen) atoms. The molecule has 1 aromatic carbocycles. The molecule has 0 bridgehead atoms. The molecule has 0 saturated heterocycles. The molecular formula is C13H15ClN2OS. The van der Waals surface area contributed by atoms with Crippen LogP contribution in [-0.2, 0) is 12.8 Å². The van der Waals surface area contributed by atoms with Crippen molar-refractivity contribution >= 4 is 28.1 Å². The summed E-state index contributed by atoms with van der Waals surface area (Å²) in [7, 11) is 1.61. The van der Waals surface area contributed by atoms with Gasteiger partial charge in [-0.1, -0.05) is 24.6 Å². The van der Waals surface area contributed by atoms with Gasteiger partial charge < -0.3 is 10.5 Å². The first kappa shape index (κ1) is 13.2. The zero-order valence-corrected chi connectivity index (χ0v) is 11.9. The highest BCUT2D eigenvalue weighted by Crippen LogP contribution is 2.28. The molecule has 2 N–H and O–H groups in total. The van der Waals surface area contributed by atoms with Crippen molar-refractivity contribution in [1.29, 1.82) is 0 Å². The second kappa shape index (κ2) is 5.59. The summed E-state index contributed by atoms with van der Waals surface area (Å²) in [5.41, 5.74) is 7.96. The summed E-state index contributed by atoms with van der Waals surface area (Å²) in [5, 5.41) is 1.26. The molecule has 0 spiro atoms. The van der Waals surface area contributed by atoms with Gasteiger partial charge in [-0.25, -0.2) is 4.98 Å². The van der Waals surface area contributed by atoms with Crippen LogP contribution < -0.4 is 10.5 Å². The average molecular weight is 283 g/mol. The van der Waals surface area contributed by atoms with Gasteiger partial charge in [0.25, 0.3) is 0 Å². The van der Waals surface area contributed by atoms with Crippen molar-refractivity contribution in [2.45, 2.75) is 19.8 Å². The minimum absolute atomic E-state index is 0.626. The maximum atomic E-state index is 6.11. The number of aryl methyl sites for hydroxylation is 1. The number of hydrogen-bond acceptors (Lipinski definition) is 4. The Morgan fingerprint density at radius 2 is 2.22 bits per heavy atom. The van der Waals surface area contributed by atoms with E-state index in [1.165, 1.54) is 4.88 Å². The van der Waals surface area contributed by atoms with E-state index in [0.717, 1.165) is 24.1 Å². The molecule has 0 saturated carbocycles. The zero-order chi connectivity index (χ0) is 13.1. The molecule has 0 aliphatic heterocycles. The third-order valence-electron chi connectivity index (χ3n) is 2.71. The van der Waals surface area contributed by atoms with Gasteiger partial charge in [0.15, 0.2) is 5.13 Å². The van der Waals surface area contributed by atoms with Crippen molar-refractivity contribution in [3.8, 4) is 5.75 Å². The lowest BCUT2D eigenvalue weighted by atomic mass is 10.1. The highest BCUT2D eigenvalue weighted by Gasteiger charge is 2.10. The molecular weight excluding hydrogens is 268 g/mol. The number of ether oxygens (including phenoxy) is 1. The van der Waals surface area contributed by atoms with Crippen molar-refractivity contribution in [2.75, 3.05) is 12.8 Å². The summed E-state index contributed by atoms with van der Waals surface area (Å²) in [6.07, 6.45) is 1.70. The molecule has 5 heteroatoms. The van der Waals surface area contributed by atoms with Gasteiger partial charge >= 0.3 is 0 Å². The summed E-state index contributed by atoms with van der Waals surface area (Å²) in [4.78, 5) is 5.52. The van der Waals surface area contributed by atoms with Gasteiger partial charge in [-0.3, -0.25) is 0 Å². The van der Waals surface area contributed by atoms with E-state index in [4.69, 9.17) is 22.1 Å². The largest absolute Gasteiger partial charge is 0.495 e. The first-order chi connectivity index (χ1) is 8.63. The smallest absolute Gasteiger partial charge is 0.180 e. The minimum Gasteiger partial charge on any atom is -0.495 e.